The van der Waals surface area contributed by atoms with Crippen molar-refractivity contribution in [3.05, 3.63) is 122 Å². The summed E-state index contributed by atoms with van der Waals surface area (Å²) in [6.07, 6.45) is 1.67. The first-order valence-corrected chi connectivity index (χ1v) is 16.9. The Morgan fingerprint density at radius 1 is 0.930 bits per heavy atom. The molecule has 2 aromatic heterocycles. The fourth-order valence-electron chi connectivity index (χ4n) is 5.54. The van der Waals surface area contributed by atoms with Gasteiger partial charge in [-0.05, 0) is 49.5 Å². The van der Waals surface area contributed by atoms with Crippen molar-refractivity contribution < 1.29 is 22.3 Å². The van der Waals surface area contributed by atoms with Crippen molar-refractivity contribution in [3.8, 4) is 5.75 Å². The van der Waals surface area contributed by atoms with Crippen molar-refractivity contribution in [3.63, 3.8) is 0 Å². The second kappa shape index (κ2) is 12.7. The third-order valence-electron chi connectivity index (χ3n) is 7.40. The Morgan fingerprint density at radius 2 is 1.53 bits per heavy atom. The van der Waals surface area contributed by atoms with Gasteiger partial charge >= 0.3 is 6.61 Å². The maximum Gasteiger partial charge on any atom is 0.387 e. The summed E-state index contributed by atoms with van der Waals surface area (Å²) in [4.78, 5) is 0. The molecule has 2 heterocycles. The molecule has 0 aliphatic heterocycles. The molecule has 5 rings (SSSR count). The molecule has 0 unspecified atom stereocenters. The van der Waals surface area contributed by atoms with Gasteiger partial charge in [0.2, 0.25) is 0 Å². The zero-order valence-electron chi connectivity index (χ0n) is 23.6. The first kappa shape index (κ1) is 31.6. The van der Waals surface area contributed by atoms with E-state index in [0.717, 1.165) is 16.4 Å². The van der Waals surface area contributed by atoms with E-state index < -0.39 is 26.5 Å². The molecule has 11 heteroatoms. The zero-order chi connectivity index (χ0) is 30.9. The smallest absolute Gasteiger partial charge is 0.387 e. The second-order valence-electron chi connectivity index (χ2n) is 11.1. The van der Waals surface area contributed by atoms with E-state index >= 15 is 0 Å². The van der Waals surface area contributed by atoms with E-state index in [2.05, 4.69) is 65.7 Å². The summed E-state index contributed by atoms with van der Waals surface area (Å²) in [6.45, 7) is 3.36. The third kappa shape index (κ3) is 6.24. The van der Waals surface area contributed by atoms with Gasteiger partial charge in [-0.3, -0.25) is 0 Å². The van der Waals surface area contributed by atoms with Crippen molar-refractivity contribution in [2.45, 2.75) is 45.4 Å². The van der Waals surface area contributed by atoms with Gasteiger partial charge in [-0.2, -0.15) is 13.9 Å². The van der Waals surface area contributed by atoms with E-state index in [1.54, 1.807) is 22.8 Å². The molecule has 0 atom stereocenters. The lowest BCUT2D eigenvalue weighted by Gasteiger charge is -2.43. The van der Waals surface area contributed by atoms with Gasteiger partial charge in [0.05, 0.1) is 22.8 Å². The highest BCUT2D eigenvalue weighted by molar-refractivity contribution is 9.10. The maximum absolute atomic E-state index is 14.9. The molecule has 0 fully saturated rings. The van der Waals surface area contributed by atoms with Crippen LogP contribution in [0.5, 0.6) is 5.75 Å². The van der Waals surface area contributed by atoms with Crippen molar-refractivity contribution in [2.75, 3.05) is 0 Å². The molecule has 0 aliphatic rings. The Labute approximate surface area is 267 Å². The zero-order valence-corrected chi connectivity index (χ0v) is 27.7. The Balaban J connectivity index is 1.67. The minimum absolute atomic E-state index is 0.0220. The summed E-state index contributed by atoms with van der Waals surface area (Å²) in [5.74, 6) is -1.59. The number of fused-ring (bicyclic) bond motifs is 1. The van der Waals surface area contributed by atoms with Gasteiger partial charge in [0.25, 0.3) is 8.32 Å². The van der Waals surface area contributed by atoms with Crippen LogP contribution >= 0.6 is 39.1 Å². The first-order valence-electron chi connectivity index (χ1n) is 13.4. The largest absolute Gasteiger partial charge is 0.431 e. The molecule has 0 saturated heterocycles. The highest BCUT2D eigenvalue weighted by Gasteiger charge is 2.50. The molecule has 0 aliphatic carbocycles. The van der Waals surface area contributed by atoms with Crippen molar-refractivity contribution in [2.24, 2.45) is 0 Å². The van der Waals surface area contributed by atoms with Crippen LogP contribution in [0.25, 0.3) is 5.52 Å². The van der Waals surface area contributed by atoms with Gasteiger partial charge in [-0.15, -0.1) is 0 Å². The average molecular weight is 708 g/mol. The lowest BCUT2D eigenvalue weighted by Crippen LogP contribution is -2.66. The van der Waals surface area contributed by atoms with Crippen LogP contribution in [0.3, 0.4) is 0 Å². The predicted molar refractivity (Wildman–Crippen MR) is 171 cm³/mol. The maximum atomic E-state index is 14.9. The number of ether oxygens (including phenoxy) is 1. The lowest BCUT2D eigenvalue weighted by atomic mass is 10.0. The molecular weight excluding hydrogens is 680 g/mol. The third-order valence-corrected chi connectivity index (χ3v) is 14.1. The molecule has 224 valence electrons. The number of alkyl halides is 2. The normalized spacial score (nSPS) is 12.3. The lowest BCUT2D eigenvalue weighted by molar-refractivity contribution is -0.0528. The monoisotopic (exact) mass is 706 g/mol. The minimum atomic E-state index is -3.24. The van der Waals surface area contributed by atoms with E-state index in [0.29, 0.717) is 21.8 Å². The van der Waals surface area contributed by atoms with E-state index in [1.165, 1.54) is 0 Å². The van der Waals surface area contributed by atoms with Gasteiger partial charge in [0, 0.05) is 33.2 Å². The fourth-order valence-corrected chi connectivity index (χ4v) is 10.9. The van der Waals surface area contributed by atoms with Crippen LogP contribution in [0, 0.1) is 5.82 Å². The molecule has 0 bridgehead atoms. The molecule has 0 N–H and O–H groups in total. The molecule has 5 aromatic rings. The topological polar surface area (TPSA) is 35.8 Å². The molecule has 3 aromatic carbocycles. The molecule has 0 amide bonds. The molecule has 4 nitrogen and oxygen atoms in total. The standard InChI is InChI=1S/C32H28BrCl2F3N2O2Si/c1-32(2,3)43(21-10-6-4-7-11-21,22-12-8-5-9-13-22)41-19-27-23(28-16-20(34)14-15-40(28)39-27)17-24-29(33)25(35)18-26(36)30(24)42-31(37)38/h4-16,18,31H,17,19H2,1-3H3. The van der Waals surface area contributed by atoms with Crippen LogP contribution in [-0.4, -0.2) is 24.5 Å². The van der Waals surface area contributed by atoms with Crippen molar-refractivity contribution in [1.82, 2.24) is 9.61 Å². The summed E-state index contributed by atoms with van der Waals surface area (Å²) in [5.41, 5.74) is 1.89. The quantitative estimate of drug-likeness (QED) is 0.114. The van der Waals surface area contributed by atoms with E-state index in [4.69, 9.17) is 32.7 Å². The summed E-state index contributed by atoms with van der Waals surface area (Å²) in [5, 5.41) is 7.17. The van der Waals surface area contributed by atoms with Gasteiger partial charge < -0.3 is 9.16 Å². The fraction of sp³-hybridized carbons (Fsp3) is 0.219. The molecule has 0 spiro atoms. The number of halogens is 6. The Hall–Kier alpha value is -2.82. The van der Waals surface area contributed by atoms with E-state index in [1.807, 2.05) is 36.4 Å². The Morgan fingerprint density at radius 3 is 2.09 bits per heavy atom. The number of hydrogen-bond donors (Lipinski definition) is 0. The number of benzene rings is 3. The van der Waals surface area contributed by atoms with Crippen LogP contribution in [-0.2, 0) is 17.5 Å². The SMILES string of the molecule is CC(C)(C)[Si](OCc1nn2ccc(Cl)cc2c1Cc1c(Br)c(Cl)cc(F)c1OC(F)F)(c1ccccc1)c1ccccc1. The predicted octanol–water partition coefficient (Wildman–Crippen LogP) is 8.81. The summed E-state index contributed by atoms with van der Waals surface area (Å²) < 4.78 is 55.4. The molecule has 43 heavy (non-hydrogen) atoms. The van der Waals surface area contributed by atoms with Crippen molar-refractivity contribution >= 4 is 63.3 Å². The highest BCUT2D eigenvalue weighted by Crippen LogP contribution is 2.41. The summed E-state index contributed by atoms with van der Waals surface area (Å²) in [6, 6.07) is 24.7. The first-order chi connectivity index (χ1) is 20.4. The van der Waals surface area contributed by atoms with Gasteiger partial charge in [-0.1, -0.05) is 105 Å². The summed E-state index contributed by atoms with van der Waals surface area (Å²) in [7, 11) is -2.96. The Kier molecular flexibility index (Phi) is 9.30. The van der Waals surface area contributed by atoms with Gasteiger partial charge in [0.15, 0.2) is 11.6 Å². The molecular formula is C32H28BrCl2F3N2O2Si. The highest BCUT2D eigenvalue weighted by atomic mass is 79.9. The van der Waals surface area contributed by atoms with Crippen LogP contribution in [0.15, 0.2) is 89.5 Å². The van der Waals surface area contributed by atoms with Crippen LogP contribution in [0.1, 0.15) is 37.6 Å². The van der Waals surface area contributed by atoms with Gasteiger partial charge in [-0.25, -0.2) is 8.91 Å². The van der Waals surface area contributed by atoms with E-state index in [-0.39, 0.29) is 33.1 Å². The number of aromatic nitrogens is 2. The number of rotatable bonds is 9. The molecule has 0 saturated carbocycles. The second-order valence-corrected chi connectivity index (χ2v) is 17.0. The number of nitrogens with zero attached hydrogens (tertiary/aromatic N) is 2. The van der Waals surface area contributed by atoms with Crippen molar-refractivity contribution in [1.29, 1.82) is 0 Å². The van der Waals surface area contributed by atoms with Crippen LogP contribution < -0.4 is 15.1 Å². The molecule has 0 radical (unpaired) electrons. The van der Waals surface area contributed by atoms with Crippen LogP contribution in [0.2, 0.25) is 15.1 Å². The number of pyridine rings is 1. The Bertz CT molecular complexity index is 1710. The average Bonchev–Trinajstić information content (AvgIpc) is 3.30. The van der Waals surface area contributed by atoms with Gasteiger partial charge in [0.1, 0.15) is 0 Å². The summed E-state index contributed by atoms with van der Waals surface area (Å²) >= 11 is 16.0. The van der Waals surface area contributed by atoms with E-state index in [9.17, 15) is 13.2 Å². The number of hydrogen-bond acceptors (Lipinski definition) is 3. The van der Waals surface area contributed by atoms with Crippen LogP contribution in [0.4, 0.5) is 13.2 Å². The minimum Gasteiger partial charge on any atom is -0.431 e.